The standard InChI is InChI=1S/C13H12Cl3NO/c14-9-5-10(15)13-11(12(9)16)7(6-18-13)3-4-17-8-1-2-8/h5-6,8,17H,1-4H2. The maximum atomic E-state index is 6.23. The first-order valence-electron chi connectivity index (χ1n) is 5.94. The van der Waals surface area contributed by atoms with E-state index in [1.165, 1.54) is 12.8 Å². The quantitative estimate of drug-likeness (QED) is 0.829. The molecule has 0 bridgehead atoms. The number of hydrogen-bond acceptors (Lipinski definition) is 2. The van der Waals surface area contributed by atoms with Crippen LogP contribution < -0.4 is 5.32 Å². The molecule has 96 valence electrons. The molecule has 0 atom stereocenters. The van der Waals surface area contributed by atoms with Gasteiger partial charge in [-0.15, -0.1) is 0 Å². The van der Waals surface area contributed by atoms with Gasteiger partial charge in [0.25, 0.3) is 0 Å². The second kappa shape index (κ2) is 4.93. The Morgan fingerprint density at radius 2 is 2.00 bits per heavy atom. The Labute approximate surface area is 120 Å². The minimum absolute atomic E-state index is 0.465. The maximum absolute atomic E-state index is 6.23. The smallest absolute Gasteiger partial charge is 0.154 e. The average Bonchev–Trinajstić information content (AvgIpc) is 3.05. The van der Waals surface area contributed by atoms with Crippen molar-refractivity contribution in [3.8, 4) is 0 Å². The van der Waals surface area contributed by atoms with Gasteiger partial charge in [0.05, 0.1) is 21.3 Å². The summed E-state index contributed by atoms with van der Waals surface area (Å²) in [6, 6.07) is 2.31. The lowest BCUT2D eigenvalue weighted by Crippen LogP contribution is -2.19. The molecule has 5 heteroatoms. The first-order chi connectivity index (χ1) is 8.66. The van der Waals surface area contributed by atoms with Gasteiger partial charge in [-0.3, -0.25) is 0 Å². The van der Waals surface area contributed by atoms with Gasteiger partial charge in [-0.1, -0.05) is 34.8 Å². The van der Waals surface area contributed by atoms with Crippen LogP contribution in [-0.2, 0) is 6.42 Å². The van der Waals surface area contributed by atoms with Crippen LogP contribution in [-0.4, -0.2) is 12.6 Å². The van der Waals surface area contributed by atoms with E-state index in [-0.39, 0.29) is 0 Å². The molecule has 0 aliphatic heterocycles. The first kappa shape index (κ1) is 12.6. The van der Waals surface area contributed by atoms with Gasteiger partial charge < -0.3 is 9.73 Å². The summed E-state index contributed by atoms with van der Waals surface area (Å²) in [4.78, 5) is 0. The summed E-state index contributed by atoms with van der Waals surface area (Å²) in [6.45, 7) is 0.916. The summed E-state index contributed by atoms with van der Waals surface area (Å²) in [6.07, 6.45) is 5.14. The van der Waals surface area contributed by atoms with Gasteiger partial charge in [0.15, 0.2) is 5.58 Å². The van der Waals surface area contributed by atoms with Crippen LogP contribution in [0.3, 0.4) is 0 Å². The summed E-state index contributed by atoms with van der Waals surface area (Å²) >= 11 is 18.4. The summed E-state index contributed by atoms with van der Waals surface area (Å²) in [7, 11) is 0. The summed E-state index contributed by atoms with van der Waals surface area (Å²) in [5.74, 6) is 0. The fourth-order valence-corrected chi connectivity index (χ4v) is 2.82. The molecular formula is C13H12Cl3NO. The number of fused-ring (bicyclic) bond motifs is 1. The Morgan fingerprint density at radius 1 is 1.22 bits per heavy atom. The van der Waals surface area contributed by atoms with Gasteiger partial charge in [-0.2, -0.15) is 0 Å². The van der Waals surface area contributed by atoms with E-state index < -0.39 is 0 Å². The van der Waals surface area contributed by atoms with Crippen LogP contribution in [0.5, 0.6) is 0 Å². The Bertz CT molecular complexity index is 589. The summed E-state index contributed by atoms with van der Waals surface area (Å²) < 4.78 is 5.49. The zero-order chi connectivity index (χ0) is 12.7. The van der Waals surface area contributed by atoms with E-state index in [2.05, 4.69) is 5.32 Å². The molecule has 2 aromatic rings. The molecule has 2 nitrogen and oxygen atoms in total. The monoisotopic (exact) mass is 303 g/mol. The normalized spacial score (nSPS) is 15.5. The highest BCUT2D eigenvalue weighted by Gasteiger charge is 2.20. The molecule has 0 radical (unpaired) electrons. The lowest BCUT2D eigenvalue weighted by Gasteiger charge is -2.03. The van der Waals surface area contributed by atoms with Gasteiger partial charge in [-0.05, 0) is 31.9 Å². The van der Waals surface area contributed by atoms with Crippen molar-refractivity contribution in [1.82, 2.24) is 5.32 Å². The van der Waals surface area contributed by atoms with Crippen molar-refractivity contribution < 1.29 is 4.42 Å². The summed E-state index contributed by atoms with van der Waals surface area (Å²) in [5.41, 5.74) is 1.67. The van der Waals surface area contributed by atoms with Gasteiger partial charge >= 0.3 is 0 Å². The largest absolute Gasteiger partial charge is 0.462 e. The van der Waals surface area contributed by atoms with Crippen LogP contribution in [0, 0.1) is 0 Å². The topological polar surface area (TPSA) is 25.2 Å². The Morgan fingerprint density at radius 3 is 2.72 bits per heavy atom. The van der Waals surface area contributed by atoms with E-state index in [4.69, 9.17) is 39.2 Å². The van der Waals surface area contributed by atoms with E-state index in [1.807, 2.05) is 0 Å². The number of benzene rings is 1. The van der Waals surface area contributed by atoms with Crippen molar-refractivity contribution in [3.63, 3.8) is 0 Å². The highest BCUT2D eigenvalue weighted by atomic mass is 35.5. The van der Waals surface area contributed by atoms with Gasteiger partial charge in [0, 0.05) is 17.0 Å². The van der Waals surface area contributed by atoms with Crippen molar-refractivity contribution in [2.75, 3.05) is 6.54 Å². The molecule has 1 aliphatic rings. The molecule has 3 rings (SSSR count). The summed E-state index contributed by atoms with van der Waals surface area (Å²) in [5, 5.41) is 5.78. The molecule has 1 saturated carbocycles. The zero-order valence-electron chi connectivity index (χ0n) is 9.60. The van der Waals surface area contributed by atoms with E-state index in [0.29, 0.717) is 26.7 Å². The van der Waals surface area contributed by atoms with Crippen molar-refractivity contribution in [1.29, 1.82) is 0 Å². The molecule has 0 amide bonds. The van der Waals surface area contributed by atoms with Crippen LogP contribution in [0.1, 0.15) is 18.4 Å². The average molecular weight is 305 g/mol. The third-order valence-corrected chi connectivity index (χ3v) is 4.24. The predicted octanol–water partition coefficient (Wildman–Crippen LogP) is 4.69. The van der Waals surface area contributed by atoms with E-state index in [1.54, 1.807) is 12.3 Å². The molecule has 0 unspecified atom stereocenters. The maximum Gasteiger partial charge on any atom is 0.154 e. The molecule has 1 heterocycles. The molecule has 18 heavy (non-hydrogen) atoms. The van der Waals surface area contributed by atoms with Crippen molar-refractivity contribution in [2.45, 2.75) is 25.3 Å². The van der Waals surface area contributed by atoms with E-state index in [0.717, 1.165) is 23.9 Å². The molecule has 1 fully saturated rings. The van der Waals surface area contributed by atoms with E-state index in [9.17, 15) is 0 Å². The Kier molecular flexibility index (Phi) is 3.46. The van der Waals surface area contributed by atoms with Crippen LogP contribution in [0.25, 0.3) is 11.0 Å². The molecule has 0 saturated heterocycles. The molecule has 1 aromatic heterocycles. The lowest BCUT2D eigenvalue weighted by atomic mass is 10.1. The molecular weight excluding hydrogens is 293 g/mol. The minimum atomic E-state index is 0.465. The predicted molar refractivity (Wildman–Crippen MR) is 76.0 cm³/mol. The van der Waals surface area contributed by atoms with Crippen LogP contribution in [0.2, 0.25) is 15.1 Å². The third kappa shape index (κ3) is 2.35. The molecule has 1 N–H and O–H groups in total. The minimum Gasteiger partial charge on any atom is -0.462 e. The highest BCUT2D eigenvalue weighted by molar-refractivity contribution is 6.47. The molecule has 1 aliphatic carbocycles. The van der Waals surface area contributed by atoms with Crippen molar-refractivity contribution in [3.05, 3.63) is 33.0 Å². The Balaban J connectivity index is 1.91. The van der Waals surface area contributed by atoms with Gasteiger partial charge in [0.1, 0.15) is 0 Å². The second-order valence-corrected chi connectivity index (χ2v) is 5.79. The zero-order valence-corrected chi connectivity index (χ0v) is 11.9. The number of furan rings is 1. The third-order valence-electron chi connectivity index (χ3n) is 3.17. The molecule has 0 spiro atoms. The fourth-order valence-electron chi connectivity index (χ4n) is 2.05. The number of halogens is 3. The van der Waals surface area contributed by atoms with Gasteiger partial charge in [-0.25, -0.2) is 0 Å². The van der Waals surface area contributed by atoms with Gasteiger partial charge in [0.2, 0.25) is 0 Å². The SMILES string of the molecule is Clc1cc(Cl)c2occ(CCNC3CC3)c2c1Cl. The lowest BCUT2D eigenvalue weighted by molar-refractivity contribution is 0.606. The number of hydrogen-bond donors (Lipinski definition) is 1. The highest BCUT2D eigenvalue weighted by Crippen LogP contribution is 2.39. The first-order valence-corrected chi connectivity index (χ1v) is 7.07. The number of rotatable bonds is 4. The second-order valence-electron chi connectivity index (χ2n) is 4.60. The molecule has 1 aromatic carbocycles. The van der Waals surface area contributed by atoms with Crippen molar-refractivity contribution >= 4 is 45.8 Å². The fraction of sp³-hybridized carbons (Fsp3) is 0.385. The Hall–Kier alpha value is -0.410. The van der Waals surface area contributed by atoms with Crippen LogP contribution in [0.4, 0.5) is 0 Å². The number of nitrogens with one attached hydrogen (secondary N) is 1. The van der Waals surface area contributed by atoms with Crippen LogP contribution >= 0.6 is 34.8 Å². The van der Waals surface area contributed by atoms with E-state index >= 15 is 0 Å². The van der Waals surface area contributed by atoms with Crippen LogP contribution in [0.15, 0.2) is 16.7 Å². The van der Waals surface area contributed by atoms with Crippen molar-refractivity contribution in [2.24, 2.45) is 0 Å².